The van der Waals surface area contributed by atoms with E-state index in [2.05, 4.69) is 30.7 Å². The number of carbonyl (C=O) groups is 6. The Morgan fingerprint density at radius 3 is 2.36 bits per heavy atom. The van der Waals surface area contributed by atoms with Gasteiger partial charge in [0.1, 0.15) is 23.7 Å². The van der Waals surface area contributed by atoms with E-state index in [4.69, 9.17) is 14.2 Å². The lowest BCUT2D eigenvalue weighted by atomic mass is 9.87. The van der Waals surface area contributed by atoms with Gasteiger partial charge < -0.3 is 43.9 Å². The molecule has 2 aromatic heterocycles. The Bertz CT molecular complexity index is 3430. The number of ether oxygens (including phenoxy) is 4. The van der Waals surface area contributed by atoms with Crippen molar-refractivity contribution in [2.24, 2.45) is 7.05 Å². The summed E-state index contributed by atoms with van der Waals surface area (Å²) < 4.78 is 77.2. The van der Waals surface area contributed by atoms with Crippen molar-refractivity contribution < 1.29 is 65.3 Å². The first-order valence-corrected chi connectivity index (χ1v) is 23.1. The smallest absolute Gasteiger partial charge is 0.493 e. The number of hydrogen-bond donors (Lipinski definition) is 3. The number of amides is 6. The molecule has 4 fully saturated rings. The Labute approximate surface area is 416 Å². The Hall–Kier alpha value is -8.67. The molecule has 0 spiro atoms. The van der Waals surface area contributed by atoms with E-state index in [1.165, 1.54) is 67.2 Å². The molecule has 382 valence electrons. The minimum absolute atomic E-state index is 0.0681. The zero-order chi connectivity index (χ0) is 52.3. The molecule has 2 bridgehead atoms. The maximum Gasteiger partial charge on any atom is 0.573 e. The Kier molecular flexibility index (Phi) is 12.6. The topological polar surface area (TPSA) is 233 Å². The van der Waals surface area contributed by atoms with Gasteiger partial charge in [-0.2, -0.15) is 0 Å². The summed E-state index contributed by atoms with van der Waals surface area (Å²) in [7, 11) is 2.91. The minimum atomic E-state index is -5.01. The molecule has 20 nitrogen and oxygen atoms in total. The second kappa shape index (κ2) is 19.1. The molecule has 11 rings (SSSR count). The number of rotatable bonds is 13. The van der Waals surface area contributed by atoms with Crippen molar-refractivity contribution in [2.45, 2.75) is 57.2 Å². The molecule has 0 radical (unpaired) electrons. The number of hydrogen-bond acceptors (Lipinski definition) is 14. The van der Waals surface area contributed by atoms with Crippen LogP contribution in [-0.4, -0.2) is 123 Å². The standard InChI is InChI=1S/C50H43F4N9O11/c1-24-44(45(67)33-15-30(74-50(52,53)54)6-8-36(33)60(24)2)47(69)58-27-5-10-38(34(51)13-27)73-48-32-16-39(71-3)40(17-35(32)55-23-56-48)72-22-43(66)63-28-14-29(63)20-61(19-28)21-42(65)57-26-4-7-31-25(12-26)18-62(49(31)70)37-9-11-41(64)59-46(37)68/h4-8,10,12-13,15-17,23,28-29,37H,9,11,14,18-22H2,1-3H3,(H,57,65)(H,58,69)(H,59,64,68). The molecule has 3 N–H and O–H groups in total. The summed E-state index contributed by atoms with van der Waals surface area (Å²) >= 11 is 0. The third-order valence-corrected chi connectivity index (χ3v) is 13.5. The summed E-state index contributed by atoms with van der Waals surface area (Å²) in [5.74, 6) is -4.28. The summed E-state index contributed by atoms with van der Waals surface area (Å²) in [5.41, 5.74) is 1.01. The van der Waals surface area contributed by atoms with Gasteiger partial charge in [-0.15, -0.1) is 13.2 Å². The van der Waals surface area contributed by atoms with Gasteiger partial charge in [0.15, 0.2) is 29.7 Å². The van der Waals surface area contributed by atoms with Crippen LogP contribution in [-0.2, 0) is 32.8 Å². The van der Waals surface area contributed by atoms with Crippen molar-refractivity contribution >= 4 is 68.6 Å². The van der Waals surface area contributed by atoms with Crippen molar-refractivity contribution in [1.29, 1.82) is 0 Å². The van der Waals surface area contributed by atoms with E-state index in [1.807, 2.05) is 4.90 Å². The van der Waals surface area contributed by atoms with Gasteiger partial charge in [-0.1, -0.05) is 0 Å². The number of nitrogens with one attached hydrogen (secondary N) is 3. The van der Waals surface area contributed by atoms with Crippen LogP contribution in [0, 0.1) is 12.7 Å². The summed E-state index contributed by atoms with van der Waals surface area (Å²) in [6.45, 7) is 2.29. The fraction of sp³-hybridized carbons (Fsp3) is 0.300. The predicted octanol–water partition coefficient (Wildman–Crippen LogP) is 4.94. The molecular weight excluding hydrogens is 979 g/mol. The molecule has 0 saturated carbocycles. The van der Waals surface area contributed by atoms with Crippen LogP contribution < -0.4 is 40.3 Å². The molecule has 6 aromatic rings. The molecule has 7 heterocycles. The first-order valence-electron chi connectivity index (χ1n) is 23.1. The van der Waals surface area contributed by atoms with Crippen LogP contribution in [0.25, 0.3) is 21.8 Å². The zero-order valence-corrected chi connectivity index (χ0v) is 39.5. The van der Waals surface area contributed by atoms with Gasteiger partial charge >= 0.3 is 6.36 Å². The first kappa shape index (κ1) is 48.9. The molecule has 5 aliphatic heterocycles. The van der Waals surface area contributed by atoms with E-state index in [9.17, 15) is 46.7 Å². The molecule has 4 aromatic carbocycles. The van der Waals surface area contributed by atoms with Crippen LogP contribution in [0.15, 0.2) is 77.9 Å². The number of carbonyl (C=O) groups excluding carboxylic acids is 6. The Morgan fingerprint density at radius 1 is 0.878 bits per heavy atom. The van der Waals surface area contributed by atoms with Crippen molar-refractivity contribution in [2.75, 3.05) is 44.0 Å². The number of piperidine rings is 2. The fourth-order valence-corrected chi connectivity index (χ4v) is 9.96. The van der Waals surface area contributed by atoms with Crippen LogP contribution >= 0.6 is 0 Å². The number of alkyl halides is 3. The number of piperazine rings is 1. The van der Waals surface area contributed by atoms with E-state index < -0.39 is 41.2 Å². The van der Waals surface area contributed by atoms with Crippen LogP contribution in [0.5, 0.6) is 28.9 Å². The molecule has 3 atom stereocenters. The number of fused-ring (bicyclic) bond motifs is 5. The maximum absolute atomic E-state index is 15.6. The van der Waals surface area contributed by atoms with Crippen molar-refractivity contribution in [3.63, 3.8) is 0 Å². The summed E-state index contributed by atoms with van der Waals surface area (Å²) in [6, 6.07) is 13.6. The van der Waals surface area contributed by atoms with Crippen LogP contribution in [0.1, 0.15) is 51.2 Å². The number of methoxy groups -OCH3 is 1. The van der Waals surface area contributed by atoms with Gasteiger partial charge in [0.2, 0.25) is 29.0 Å². The lowest BCUT2D eigenvalue weighted by Gasteiger charge is -2.56. The van der Waals surface area contributed by atoms with E-state index in [0.717, 1.165) is 24.6 Å². The van der Waals surface area contributed by atoms with Crippen LogP contribution in [0.4, 0.5) is 28.9 Å². The predicted molar refractivity (Wildman–Crippen MR) is 253 cm³/mol. The number of halogens is 4. The number of anilines is 2. The van der Waals surface area contributed by atoms with Gasteiger partial charge in [0.25, 0.3) is 17.7 Å². The van der Waals surface area contributed by atoms with E-state index in [-0.39, 0.29) is 125 Å². The normalized spacial score (nSPS) is 18.4. The molecule has 6 amide bonds. The van der Waals surface area contributed by atoms with Gasteiger partial charge in [-0.3, -0.25) is 43.8 Å². The Morgan fingerprint density at radius 2 is 1.64 bits per heavy atom. The summed E-state index contributed by atoms with van der Waals surface area (Å²) in [5, 5.41) is 7.72. The number of aryl methyl sites for hydroxylation is 1. The lowest BCUT2D eigenvalue weighted by Crippen LogP contribution is -2.71. The van der Waals surface area contributed by atoms with Gasteiger partial charge in [0.05, 0.1) is 35.5 Å². The molecule has 4 saturated heterocycles. The zero-order valence-electron chi connectivity index (χ0n) is 39.5. The highest BCUT2D eigenvalue weighted by Crippen LogP contribution is 2.38. The van der Waals surface area contributed by atoms with Crippen LogP contribution in [0.2, 0.25) is 0 Å². The molecule has 0 aliphatic carbocycles. The first-order chi connectivity index (χ1) is 35.3. The molecule has 5 aliphatic rings. The third kappa shape index (κ3) is 9.45. The fourth-order valence-electron chi connectivity index (χ4n) is 9.96. The minimum Gasteiger partial charge on any atom is -0.493 e. The van der Waals surface area contributed by atoms with E-state index >= 15 is 4.39 Å². The number of imide groups is 1. The number of pyridine rings is 1. The number of benzene rings is 4. The summed E-state index contributed by atoms with van der Waals surface area (Å²) in [6.07, 6.45) is -2.70. The third-order valence-electron chi connectivity index (χ3n) is 13.5. The van der Waals surface area contributed by atoms with Crippen molar-refractivity contribution in [3.05, 3.63) is 111 Å². The highest BCUT2D eigenvalue weighted by molar-refractivity contribution is 6.07. The summed E-state index contributed by atoms with van der Waals surface area (Å²) in [4.78, 5) is 104. The van der Waals surface area contributed by atoms with E-state index in [0.29, 0.717) is 35.4 Å². The molecule has 3 unspecified atom stereocenters. The lowest BCUT2D eigenvalue weighted by molar-refractivity contribution is -0.274. The second-order valence-electron chi connectivity index (χ2n) is 18.1. The average molecular weight is 1020 g/mol. The van der Waals surface area contributed by atoms with Gasteiger partial charge in [-0.05, 0) is 79.9 Å². The van der Waals surface area contributed by atoms with Crippen molar-refractivity contribution in [1.82, 2.24) is 34.6 Å². The van der Waals surface area contributed by atoms with Crippen LogP contribution in [0.3, 0.4) is 0 Å². The average Bonchev–Trinajstić information content (AvgIpc) is 3.66. The SMILES string of the molecule is COc1cc2c(Oc3ccc(NC(=O)c4c(C)n(C)c5ccc(OC(F)(F)F)cc5c4=O)cc3F)ncnc2cc1OCC(=O)N1C2CC1CN(CC(=O)Nc1ccc3c(c1)CN(C1CCC(=O)NC1=O)C3=O)C2. The van der Waals surface area contributed by atoms with E-state index in [1.54, 1.807) is 23.1 Å². The molecule has 74 heavy (non-hydrogen) atoms. The largest absolute Gasteiger partial charge is 0.573 e. The Balaban J connectivity index is 0.739. The molecular formula is C50H43F4N9O11. The molecule has 24 heteroatoms. The maximum atomic E-state index is 15.6. The highest BCUT2D eigenvalue weighted by Gasteiger charge is 2.47. The number of nitrogens with zero attached hydrogens (tertiary/aromatic N) is 6. The highest BCUT2D eigenvalue weighted by atomic mass is 19.4. The second-order valence-corrected chi connectivity index (χ2v) is 18.1. The monoisotopic (exact) mass is 1020 g/mol. The van der Waals surface area contributed by atoms with Crippen molar-refractivity contribution in [3.8, 4) is 28.9 Å². The van der Waals surface area contributed by atoms with Gasteiger partial charge in [0, 0.05) is 80.0 Å². The quantitative estimate of drug-likeness (QED) is 0.103. The number of aromatic nitrogens is 3. The van der Waals surface area contributed by atoms with Gasteiger partial charge in [-0.25, -0.2) is 14.4 Å².